The molecule has 21 heavy (non-hydrogen) atoms. The lowest BCUT2D eigenvalue weighted by molar-refractivity contribution is 0.215. The average Bonchev–Trinajstić information content (AvgIpc) is 2.49. The van der Waals surface area contributed by atoms with E-state index in [0.717, 1.165) is 0 Å². The highest BCUT2D eigenvalue weighted by Gasteiger charge is 2.20. The first-order valence-corrected chi connectivity index (χ1v) is 6.24. The van der Waals surface area contributed by atoms with Gasteiger partial charge in [-0.15, -0.1) is 0 Å². The Hall–Kier alpha value is -2.40. The summed E-state index contributed by atoms with van der Waals surface area (Å²) < 4.78 is 40.0. The van der Waals surface area contributed by atoms with Crippen LogP contribution >= 0.6 is 0 Å². The molecule has 1 unspecified atom stereocenters. The maximum atomic E-state index is 13.8. The molecule has 0 radical (unpaired) electrons. The normalized spacial score (nSPS) is 12.6. The number of rotatable bonds is 2. The molecule has 2 aromatic carbocycles. The topological polar surface area (TPSA) is 33.1 Å². The van der Waals surface area contributed by atoms with Gasteiger partial charge in [-0.2, -0.15) is 0 Å². The van der Waals surface area contributed by atoms with Gasteiger partial charge in [0.1, 0.15) is 11.9 Å². The number of nitrogens with zero attached hydrogens (tertiary/aromatic N) is 1. The molecule has 5 heteroatoms. The van der Waals surface area contributed by atoms with Crippen molar-refractivity contribution in [2.45, 2.75) is 6.10 Å². The van der Waals surface area contributed by atoms with Crippen molar-refractivity contribution in [3.05, 3.63) is 77.2 Å². The molecule has 106 valence electrons. The Bertz CT molecular complexity index is 814. The lowest BCUT2D eigenvalue weighted by Gasteiger charge is -2.15. The van der Waals surface area contributed by atoms with E-state index in [9.17, 15) is 18.3 Å². The monoisotopic (exact) mass is 289 g/mol. The van der Waals surface area contributed by atoms with E-state index < -0.39 is 23.6 Å². The molecule has 0 aliphatic rings. The molecule has 1 heterocycles. The summed E-state index contributed by atoms with van der Waals surface area (Å²) in [5.41, 5.74) is 0.688. The van der Waals surface area contributed by atoms with Crippen LogP contribution in [0, 0.1) is 17.5 Å². The predicted molar refractivity (Wildman–Crippen MR) is 72.1 cm³/mol. The van der Waals surface area contributed by atoms with Crippen molar-refractivity contribution in [2.75, 3.05) is 0 Å². The van der Waals surface area contributed by atoms with E-state index in [2.05, 4.69) is 4.98 Å². The van der Waals surface area contributed by atoms with Crippen molar-refractivity contribution in [3.8, 4) is 0 Å². The highest BCUT2D eigenvalue weighted by molar-refractivity contribution is 5.82. The van der Waals surface area contributed by atoms with Crippen LogP contribution in [0.3, 0.4) is 0 Å². The van der Waals surface area contributed by atoms with Gasteiger partial charge in [-0.3, -0.25) is 4.98 Å². The molecule has 0 saturated heterocycles. The number of benzene rings is 2. The van der Waals surface area contributed by atoms with E-state index in [1.807, 2.05) is 0 Å². The summed E-state index contributed by atoms with van der Waals surface area (Å²) in [6, 6.07) is 9.49. The maximum absolute atomic E-state index is 13.8. The van der Waals surface area contributed by atoms with Gasteiger partial charge in [0.2, 0.25) is 0 Å². The van der Waals surface area contributed by atoms with Gasteiger partial charge in [0.05, 0.1) is 5.52 Å². The van der Waals surface area contributed by atoms with Gasteiger partial charge in [0.25, 0.3) is 0 Å². The van der Waals surface area contributed by atoms with Gasteiger partial charge < -0.3 is 5.11 Å². The number of aliphatic hydroxyl groups excluding tert-OH is 1. The van der Waals surface area contributed by atoms with Crippen molar-refractivity contribution in [2.24, 2.45) is 0 Å². The van der Waals surface area contributed by atoms with Crippen molar-refractivity contribution < 1.29 is 18.3 Å². The van der Waals surface area contributed by atoms with Crippen LogP contribution in [0.25, 0.3) is 10.9 Å². The quantitative estimate of drug-likeness (QED) is 0.729. The first-order chi connectivity index (χ1) is 10.1. The summed E-state index contributed by atoms with van der Waals surface area (Å²) in [5.74, 6) is -3.49. The molecule has 0 bridgehead atoms. The molecule has 0 amide bonds. The molecular formula is C16H10F3NO. The zero-order chi connectivity index (χ0) is 15.0. The Morgan fingerprint density at radius 3 is 2.43 bits per heavy atom. The number of aromatic nitrogens is 1. The fourth-order valence-corrected chi connectivity index (χ4v) is 2.28. The zero-order valence-electron chi connectivity index (χ0n) is 10.7. The molecule has 3 aromatic rings. The SMILES string of the molecule is OC(c1cc(F)c(F)cc1F)c1cccc2ncccc12. The molecule has 0 fully saturated rings. The second-order valence-electron chi connectivity index (χ2n) is 4.61. The summed E-state index contributed by atoms with van der Waals surface area (Å²) in [6.45, 7) is 0. The van der Waals surface area contributed by atoms with Crippen molar-refractivity contribution >= 4 is 10.9 Å². The summed E-state index contributed by atoms with van der Waals surface area (Å²) in [6.07, 6.45) is 0.185. The first kappa shape index (κ1) is 13.6. The van der Waals surface area contributed by atoms with Gasteiger partial charge in [-0.25, -0.2) is 13.2 Å². The Morgan fingerprint density at radius 1 is 0.857 bits per heavy atom. The summed E-state index contributed by atoms with van der Waals surface area (Å²) in [5, 5.41) is 11.0. The lowest BCUT2D eigenvalue weighted by Crippen LogP contribution is -2.05. The molecule has 1 aromatic heterocycles. The van der Waals surface area contributed by atoms with Crippen LogP contribution in [-0.2, 0) is 0 Å². The minimum atomic E-state index is -1.41. The van der Waals surface area contributed by atoms with Gasteiger partial charge in [0.15, 0.2) is 11.6 Å². The van der Waals surface area contributed by atoms with Crippen molar-refractivity contribution in [3.63, 3.8) is 0 Å². The van der Waals surface area contributed by atoms with E-state index in [4.69, 9.17) is 0 Å². The van der Waals surface area contributed by atoms with E-state index in [0.29, 0.717) is 28.6 Å². The molecule has 0 aliphatic heterocycles. The van der Waals surface area contributed by atoms with Crippen LogP contribution in [-0.4, -0.2) is 10.1 Å². The number of halogens is 3. The third-order valence-corrected chi connectivity index (χ3v) is 3.31. The minimum absolute atomic E-state index is 0.315. The summed E-state index contributed by atoms with van der Waals surface area (Å²) in [7, 11) is 0. The predicted octanol–water partition coefficient (Wildman–Crippen LogP) is 3.73. The minimum Gasteiger partial charge on any atom is -0.384 e. The Balaban J connectivity index is 2.17. The van der Waals surface area contributed by atoms with E-state index in [-0.39, 0.29) is 5.56 Å². The van der Waals surface area contributed by atoms with Crippen LogP contribution in [0.4, 0.5) is 13.2 Å². The smallest absolute Gasteiger partial charge is 0.161 e. The molecule has 1 atom stereocenters. The van der Waals surface area contributed by atoms with Crippen LogP contribution in [0.2, 0.25) is 0 Å². The number of fused-ring (bicyclic) bond motifs is 1. The molecule has 3 rings (SSSR count). The van der Waals surface area contributed by atoms with Crippen molar-refractivity contribution in [1.82, 2.24) is 4.98 Å². The number of hydrogen-bond donors (Lipinski definition) is 1. The largest absolute Gasteiger partial charge is 0.384 e. The van der Waals surface area contributed by atoms with Gasteiger partial charge in [-0.05, 0) is 23.8 Å². The van der Waals surface area contributed by atoms with Gasteiger partial charge in [-0.1, -0.05) is 18.2 Å². The van der Waals surface area contributed by atoms with E-state index in [1.165, 1.54) is 0 Å². The molecule has 0 aliphatic carbocycles. The molecular weight excluding hydrogens is 279 g/mol. The fraction of sp³-hybridized carbons (Fsp3) is 0.0625. The fourth-order valence-electron chi connectivity index (χ4n) is 2.28. The molecule has 0 saturated carbocycles. The third-order valence-electron chi connectivity index (χ3n) is 3.31. The third kappa shape index (κ3) is 2.36. The second kappa shape index (κ2) is 5.18. The number of pyridine rings is 1. The molecule has 1 N–H and O–H groups in total. The van der Waals surface area contributed by atoms with Crippen LogP contribution in [0.15, 0.2) is 48.7 Å². The Kier molecular flexibility index (Phi) is 3.35. The Labute approximate surface area is 118 Å². The summed E-state index contributed by atoms with van der Waals surface area (Å²) >= 11 is 0. The highest BCUT2D eigenvalue weighted by Crippen LogP contribution is 2.30. The first-order valence-electron chi connectivity index (χ1n) is 6.24. The second-order valence-corrected chi connectivity index (χ2v) is 4.61. The highest BCUT2D eigenvalue weighted by atomic mass is 19.2. The molecule has 2 nitrogen and oxygen atoms in total. The summed E-state index contributed by atoms with van der Waals surface area (Å²) in [4.78, 5) is 4.13. The van der Waals surface area contributed by atoms with Crippen LogP contribution < -0.4 is 0 Å². The van der Waals surface area contributed by atoms with E-state index >= 15 is 0 Å². The Morgan fingerprint density at radius 2 is 1.62 bits per heavy atom. The van der Waals surface area contributed by atoms with E-state index in [1.54, 1.807) is 36.5 Å². The standard InChI is InChI=1S/C16H10F3NO/c17-12-8-14(19)13(18)7-11(12)16(21)10-3-1-5-15-9(10)4-2-6-20-15/h1-8,16,21H. The van der Waals surface area contributed by atoms with Gasteiger partial charge >= 0.3 is 0 Å². The zero-order valence-corrected chi connectivity index (χ0v) is 10.7. The number of aliphatic hydroxyl groups is 1. The maximum Gasteiger partial charge on any atom is 0.161 e. The molecule has 0 spiro atoms. The number of hydrogen-bond acceptors (Lipinski definition) is 2. The van der Waals surface area contributed by atoms with Crippen molar-refractivity contribution in [1.29, 1.82) is 0 Å². The van der Waals surface area contributed by atoms with Gasteiger partial charge in [0, 0.05) is 23.2 Å². The van der Waals surface area contributed by atoms with Crippen LogP contribution in [0.1, 0.15) is 17.2 Å². The van der Waals surface area contributed by atoms with Crippen LogP contribution in [0.5, 0.6) is 0 Å². The lowest BCUT2D eigenvalue weighted by atomic mass is 9.97. The average molecular weight is 289 g/mol.